The highest BCUT2D eigenvalue weighted by atomic mass is 16.3. The van der Waals surface area contributed by atoms with Gasteiger partial charge in [0.15, 0.2) is 0 Å². The van der Waals surface area contributed by atoms with Gasteiger partial charge in [0.1, 0.15) is 5.58 Å². The third kappa shape index (κ3) is 1.19. The van der Waals surface area contributed by atoms with Crippen LogP contribution in [0.15, 0.2) is 28.9 Å². The van der Waals surface area contributed by atoms with Crippen LogP contribution in [0.1, 0.15) is 11.1 Å². The lowest BCUT2D eigenvalue weighted by atomic mass is 10.0. The average molecular weight is 171 g/mol. The van der Waals surface area contributed by atoms with Crippen molar-refractivity contribution in [1.29, 1.82) is 5.26 Å². The van der Waals surface area contributed by atoms with Crippen LogP contribution in [-0.4, -0.2) is 0 Å². The second-order valence-electron chi connectivity index (χ2n) is 3.02. The lowest BCUT2D eigenvalue weighted by molar-refractivity contribution is 0.612. The van der Waals surface area contributed by atoms with Crippen molar-refractivity contribution in [2.45, 2.75) is 13.3 Å². The summed E-state index contributed by atoms with van der Waals surface area (Å²) < 4.78 is 5.33. The van der Waals surface area contributed by atoms with Gasteiger partial charge in [-0.2, -0.15) is 5.26 Å². The van der Waals surface area contributed by atoms with E-state index in [-0.39, 0.29) is 0 Å². The molecule has 0 amide bonds. The number of hydrogen-bond donors (Lipinski definition) is 0. The molecule has 0 radical (unpaired) electrons. The number of furan rings is 1. The molecule has 0 N–H and O–H groups in total. The number of aryl methyl sites for hydroxylation is 1. The Balaban J connectivity index is 2.67. The van der Waals surface area contributed by atoms with Gasteiger partial charge in [-0.3, -0.25) is 0 Å². The summed E-state index contributed by atoms with van der Waals surface area (Å²) in [5.74, 6) is 0. The van der Waals surface area contributed by atoms with Crippen LogP contribution in [0.4, 0.5) is 0 Å². The topological polar surface area (TPSA) is 36.9 Å². The van der Waals surface area contributed by atoms with Gasteiger partial charge < -0.3 is 4.42 Å². The van der Waals surface area contributed by atoms with Crippen LogP contribution >= 0.6 is 0 Å². The minimum atomic E-state index is 0.447. The molecular formula is C11H9NO. The molecule has 2 aromatic rings. The largest absolute Gasteiger partial charge is 0.464 e. The fourth-order valence-corrected chi connectivity index (χ4v) is 1.49. The molecule has 0 spiro atoms. The molecule has 0 bridgehead atoms. The summed E-state index contributed by atoms with van der Waals surface area (Å²) in [5.41, 5.74) is 3.02. The Morgan fingerprint density at radius 2 is 2.23 bits per heavy atom. The molecule has 0 unspecified atom stereocenters. The quantitative estimate of drug-likeness (QED) is 0.661. The number of hydrogen-bond acceptors (Lipinski definition) is 2. The van der Waals surface area contributed by atoms with Gasteiger partial charge in [-0.1, -0.05) is 12.1 Å². The lowest BCUT2D eigenvalue weighted by Crippen LogP contribution is -1.86. The first-order chi connectivity index (χ1) is 6.33. The van der Waals surface area contributed by atoms with E-state index in [2.05, 4.69) is 6.07 Å². The molecule has 1 heterocycles. The molecule has 0 atom stereocenters. The summed E-state index contributed by atoms with van der Waals surface area (Å²) in [6.45, 7) is 1.98. The fourth-order valence-electron chi connectivity index (χ4n) is 1.49. The maximum absolute atomic E-state index is 8.59. The van der Waals surface area contributed by atoms with Crippen molar-refractivity contribution in [3.8, 4) is 6.07 Å². The minimum absolute atomic E-state index is 0.447. The van der Waals surface area contributed by atoms with Crippen molar-refractivity contribution < 1.29 is 4.42 Å². The minimum Gasteiger partial charge on any atom is -0.464 e. The van der Waals surface area contributed by atoms with Crippen LogP contribution in [0, 0.1) is 18.3 Å². The zero-order valence-electron chi connectivity index (χ0n) is 7.37. The highest BCUT2D eigenvalue weighted by Gasteiger charge is 2.04. The van der Waals surface area contributed by atoms with Crippen molar-refractivity contribution in [3.63, 3.8) is 0 Å². The molecule has 0 aliphatic heterocycles. The average Bonchev–Trinajstić information content (AvgIpc) is 2.58. The second kappa shape index (κ2) is 2.95. The molecule has 0 saturated carbocycles. The summed E-state index contributed by atoms with van der Waals surface area (Å²) in [4.78, 5) is 0. The number of fused-ring (bicyclic) bond motifs is 1. The summed E-state index contributed by atoms with van der Waals surface area (Å²) >= 11 is 0. The molecule has 0 fully saturated rings. The highest BCUT2D eigenvalue weighted by Crippen LogP contribution is 2.22. The van der Waals surface area contributed by atoms with Gasteiger partial charge in [-0.15, -0.1) is 0 Å². The molecule has 0 saturated heterocycles. The standard InChI is InChI=1S/C11H9NO/c1-8-9(4-6-12)2-3-10-5-7-13-11(8)10/h2-3,5,7H,4H2,1H3. The molecule has 1 aromatic carbocycles. The van der Waals surface area contributed by atoms with Crippen LogP contribution in [-0.2, 0) is 6.42 Å². The Labute approximate surface area is 76.4 Å². The van der Waals surface area contributed by atoms with Crippen LogP contribution in [0.2, 0.25) is 0 Å². The number of benzene rings is 1. The predicted molar refractivity (Wildman–Crippen MR) is 50.3 cm³/mol. The Bertz CT molecular complexity index is 476. The van der Waals surface area contributed by atoms with E-state index in [9.17, 15) is 0 Å². The molecule has 2 rings (SSSR count). The van der Waals surface area contributed by atoms with E-state index < -0.39 is 0 Å². The lowest BCUT2D eigenvalue weighted by Gasteiger charge is -2.00. The summed E-state index contributed by atoms with van der Waals surface area (Å²) in [7, 11) is 0. The molecule has 0 aliphatic rings. The van der Waals surface area contributed by atoms with Crippen LogP contribution in [0.3, 0.4) is 0 Å². The smallest absolute Gasteiger partial charge is 0.137 e. The van der Waals surface area contributed by atoms with Gasteiger partial charge in [0, 0.05) is 5.39 Å². The van der Waals surface area contributed by atoms with Gasteiger partial charge >= 0.3 is 0 Å². The summed E-state index contributed by atoms with van der Waals surface area (Å²) in [6.07, 6.45) is 2.12. The van der Waals surface area contributed by atoms with Crippen molar-refractivity contribution in [2.24, 2.45) is 0 Å². The molecule has 64 valence electrons. The van der Waals surface area contributed by atoms with E-state index >= 15 is 0 Å². The van der Waals surface area contributed by atoms with E-state index in [0.29, 0.717) is 6.42 Å². The van der Waals surface area contributed by atoms with E-state index in [1.165, 1.54) is 0 Å². The predicted octanol–water partition coefficient (Wildman–Crippen LogP) is 2.81. The summed E-state index contributed by atoms with van der Waals surface area (Å²) in [6, 6.07) is 8.04. The number of nitriles is 1. The zero-order valence-corrected chi connectivity index (χ0v) is 7.37. The Morgan fingerprint density at radius 3 is 3.00 bits per heavy atom. The number of rotatable bonds is 1. The van der Waals surface area contributed by atoms with Crippen molar-refractivity contribution >= 4 is 11.0 Å². The number of nitrogens with zero attached hydrogens (tertiary/aromatic N) is 1. The third-order valence-corrected chi connectivity index (χ3v) is 2.25. The van der Waals surface area contributed by atoms with E-state index in [1.54, 1.807) is 6.26 Å². The fraction of sp³-hybridized carbons (Fsp3) is 0.182. The monoisotopic (exact) mass is 171 g/mol. The molecule has 13 heavy (non-hydrogen) atoms. The highest BCUT2D eigenvalue weighted by molar-refractivity contribution is 5.81. The van der Waals surface area contributed by atoms with Gasteiger partial charge in [-0.05, 0) is 24.1 Å². The summed E-state index contributed by atoms with van der Waals surface area (Å²) in [5, 5.41) is 9.68. The van der Waals surface area contributed by atoms with Crippen molar-refractivity contribution in [1.82, 2.24) is 0 Å². The third-order valence-electron chi connectivity index (χ3n) is 2.25. The Morgan fingerprint density at radius 1 is 1.38 bits per heavy atom. The van der Waals surface area contributed by atoms with E-state index in [4.69, 9.17) is 9.68 Å². The Hall–Kier alpha value is -1.75. The van der Waals surface area contributed by atoms with Gasteiger partial charge in [0.05, 0.1) is 18.8 Å². The molecule has 0 aliphatic carbocycles. The molecule has 2 nitrogen and oxygen atoms in total. The van der Waals surface area contributed by atoms with Crippen LogP contribution in [0.5, 0.6) is 0 Å². The maximum Gasteiger partial charge on any atom is 0.137 e. The van der Waals surface area contributed by atoms with E-state index in [1.807, 2.05) is 25.1 Å². The SMILES string of the molecule is Cc1c(CC#N)ccc2ccoc12. The first-order valence-corrected chi connectivity index (χ1v) is 4.15. The normalized spacial score (nSPS) is 10.2. The zero-order chi connectivity index (χ0) is 9.26. The first kappa shape index (κ1) is 7.88. The molecular weight excluding hydrogens is 162 g/mol. The van der Waals surface area contributed by atoms with Crippen molar-refractivity contribution in [3.05, 3.63) is 35.6 Å². The van der Waals surface area contributed by atoms with Gasteiger partial charge in [-0.25, -0.2) is 0 Å². The second-order valence-corrected chi connectivity index (χ2v) is 3.02. The Kier molecular flexibility index (Phi) is 1.79. The maximum atomic E-state index is 8.59. The molecule has 2 heteroatoms. The molecule has 1 aromatic heterocycles. The van der Waals surface area contributed by atoms with E-state index in [0.717, 1.165) is 22.1 Å². The van der Waals surface area contributed by atoms with Crippen molar-refractivity contribution in [2.75, 3.05) is 0 Å². The van der Waals surface area contributed by atoms with Crippen LogP contribution < -0.4 is 0 Å². The van der Waals surface area contributed by atoms with Gasteiger partial charge in [0.25, 0.3) is 0 Å². The first-order valence-electron chi connectivity index (χ1n) is 4.15. The van der Waals surface area contributed by atoms with Crippen LogP contribution in [0.25, 0.3) is 11.0 Å². The van der Waals surface area contributed by atoms with Gasteiger partial charge in [0.2, 0.25) is 0 Å².